The van der Waals surface area contributed by atoms with Crippen molar-refractivity contribution in [1.82, 2.24) is 0 Å². The molecular weight excluding hydrogens is 372 g/mol. The van der Waals surface area contributed by atoms with Gasteiger partial charge in [-0.15, -0.1) is 0 Å². The van der Waals surface area contributed by atoms with E-state index in [0.717, 1.165) is 48.3 Å². The van der Waals surface area contributed by atoms with E-state index in [1.807, 2.05) is 0 Å². The molecule has 0 N–H and O–H groups in total. The molecule has 0 amide bonds. The van der Waals surface area contributed by atoms with Crippen LogP contribution in [0.4, 0.5) is 4.79 Å². The van der Waals surface area contributed by atoms with Crippen LogP contribution < -0.4 is 0 Å². The van der Waals surface area contributed by atoms with Gasteiger partial charge in [0.2, 0.25) is 0 Å². The molecule has 168 valence electrons. The van der Waals surface area contributed by atoms with Gasteiger partial charge >= 0.3 is 6.16 Å². The van der Waals surface area contributed by atoms with E-state index < -0.39 is 6.16 Å². The first-order valence-electron chi connectivity index (χ1n) is 13.4. The summed E-state index contributed by atoms with van der Waals surface area (Å²) in [7, 11) is 0. The van der Waals surface area contributed by atoms with Crippen molar-refractivity contribution in [2.24, 2.45) is 46.3 Å². The average Bonchev–Trinajstić information content (AvgIpc) is 2.67. The van der Waals surface area contributed by atoms with Crippen LogP contribution in [0.1, 0.15) is 103 Å². The Morgan fingerprint density at radius 3 is 1.17 bits per heavy atom. The van der Waals surface area contributed by atoms with Crippen LogP contribution in [0.25, 0.3) is 0 Å². The Balaban J connectivity index is 0.873. The van der Waals surface area contributed by atoms with E-state index >= 15 is 0 Å². The molecule has 0 spiro atoms. The standard InChI is InChI=1S/C27H42O3/c28-25(29-5-1-3-26-13-19-7-20(14-26)9-21(8-19)15-26)30-6-2-4-27-16-22-10-23(17-27)12-24(11-22)18-27/h19-24H,1-18H2. The second kappa shape index (κ2) is 7.69. The molecule has 30 heavy (non-hydrogen) atoms. The Hall–Kier alpha value is -0.730. The van der Waals surface area contributed by atoms with Crippen molar-refractivity contribution >= 4 is 6.16 Å². The summed E-state index contributed by atoms with van der Waals surface area (Å²) in [6.45, 7) is 1.10. The van der Waals surface area contributed by atoms with E-state index in [-0.39, 0.29) is 0 Å². The summed E-state index contributed by atoms with van der Waals surface area (Å²) < 4.78 is 10.9. The third-order valence-corrected chi connectivity index (χ3v) is 10.5. The summed E-state index contributed by atoms with van der Waals surface area (Å²) in [6, 6.07) is 0. The zero-order chi connectivity index (χ0) is 20.2. The van der Waals surface area contributed by atoms with Gasteiger partial charge in [0.1, 0.15) is 0 Å². The molecule has 0 aliphatic heterocycles. The highest BCUT2D eigenvalue weighted by molar-refractivity contribution is 5.59. The van der Waals surface area contributed by atoms with Gasteiger partial charge in [-0.2, -0.15) is 0 Å². The van der Waals surface area contributed by atoms with Crippen LogP contribution >= 0.6 is 0 Å². The summed E-state index contributed by atoms with van der Waals surface area (Å²) in [5, 5.41) is 0. The second-order valence-corrected chi connectivity index (χ2v) is 13.0. The molecular formula is C27H42O3. The zero-order valence-electron chi connectivity index (χ0n) is 18.9. The smallest absolute Gasteiger partial charge is 0.434 e. The summed E-state index contributed by atoms with van der Waals surface area (Å²) >= 11 is 0. The van der Waals surface area contributed by atoms with Crippen molar-refractivity contribution in [2.45, 2.75) is 103 Å². The summed E-state index contributed by atoms with van der Waals surface area (Å²) in [5.41, 5.74) is 1.19. The molecule has 0 unspecified atom stereocenters. The molecule has 8 fully saturated rings. The first-order chi connectivity index (χ1) is 14.6. The summed E-state index contributed by atoms with van der Waals surface area (Å²) in [5.74, 6) is 6.06. The first-order valence-corrected chi connectivity index (χ1v) is 13.4. The van der Waals surface area contributed by atoms with Gasteiger partial charge in [0.05, 0.1) is 13.2 Å². The molecule has 8 bridgehead atoms. The molecule has 0 saturated heterocycles. The van der Waals surface area contributed by atoms with Crippen molar-refractivity contribution in [3.63, 3.8) is 0 Å². The van der Waals surface area contributed by atoms with E-state index in [4.69, 9.17) is 9.47 Å². The first kappa shape index (κ1) is 19.9. The van der Waals surface area contributed by atoms with E-state index in [1.54, 1.807) is 0 Å². The van der Waals surface area contributed by atoms with Gasteiger partial charge in [-0.1, -0.05) is 0 Å². The third-order valence-electron chi connectivity index (χ3n) is 10.5. The minimum Gasteiger partial charge on any atom is -0.434 e. The van der Waals surface area contributed by atoms with E-state index in [9.17, 15) is 4.79 Å². The minimum absolute atomic E-state index is 0.425. The highest BCUT2D eigenvalue weighted by Crippen LogP contribution is 2.62. The molecule has 8 rings (SSSR count). The molecule has 0 atom stereocenters. The van der Waals surface area contributed by atoms with Crippen molar-refractivity contribution in [3.8, 4) is 0 Å². The predicted octanol–water partition coefficient (Wildman–Crippen LogP) is 7.13. The topological polar surface area (TPSA) is 35.5 Å². The lowest BCUT2D eigenvalue weighted by molar-refractivity contribution is -0.0623. The Kier molecular flexibility index (Phi) is 5.11. The monoisotopic (exact) mass is 414 g/mol. The van der Waals surface area contributed by atoms with Gasteiger partial charge in [0, 0.05) is 0 Å². The largest absolute Gasteiger partial charge is 0.508 e. The third kappa shape index (κ3) is 3.92. The van der Waals surface area contributed by atoms with Gasteiger partial charge in [-0.3, -0.25) is 0 Å². The van der Waals surface area contributed by atoms with Crippen molar-refractivity contribution < 1.29 is 14.3 Å². The highest BCUT2D eigenvalue weighted by Gasteiger charge is 2.51. The summed E-state index contributed by atoms with van der Waals surface area (Å²) in [4.78, 5) is 12.0. The lowest BCUT2D eigenvalue weighted by Crippen LogP contribution is -2.46. The molecule has 8 saturated carbocycles. The number of carbonyl (C=O) groups is 1. The van der Waals surface area contributed by atoms with Gasteiger partial charge in [0.25, 0.3) is 0 Å². The molecule has 3 heteroatoms. The fourth-order valence-corrected chi connectivity index (χ4v) is 10.4. The number of hydrogen-bond donors (Lipinski definition) is 0. The Bertz CT molecular complexity index is 528. The van der Waals surface area contributed by atoms with Crippen molar-refractivity contribution in [1.29, 1.82) is 0 Å². The lowest BCUT2D eigenvalue weighted by atomic mass is 9.48. The van der Waals surface area contributed by atoms with E-state index in [0.29, 0.717) is 24.0 Å². The zero-order valence-corrected chi connectivity index (χ0v) is 18.9. The van der Waals surface area contributed by atoms with Crippen LogP contribution in [0.3, 0.4) is 0 Å². The molecule has 0 aromatic heterocycles. The van der Waals surface area contributed by atoms with Gasteiger partial charge < -0.3 is 9.47 Å². The SMILES string of the molecule is O=C(OCCCC12CC3CC(CC(C3)C1)C2)OCCCC12CC3CC(CC(C3)C1)C2. The van der Waals surface area contributed by atoms with E-state index in [2.05, 4.69) is 0 Å². The highest BCUT2D eigenvalue weighted by atomic mass is 16.7. The number of rotatable bonds is 8. The maximum absolute atomic E-state index is 12.0. The Morgan fingerprint density at radius 1 is 0.567 bits per heavy atom. The van der Waals surface area contributed by atoms with Crippen LogP contribution in [0.15, 0.2) is 0 Å². The molecule has 0 heterocycles. The summed E-state index contributed by atoms with van der Waals surface area (Å²) in [6.07, 6.45) is 21.9. The number of ether oxygens (including phenoxy) is 2. The van der Waals surface area contributed by atoms with Crippen LogP contribution in [0.2, 0.25) is 0 Å². The molecule has 8 aliphatic rings. The average molecular weight is 415 g/mol. The molecule has 8 aliphatic carbocycles. The normalized spacial score (nSPS) is 47.6. The molecule has 3 nitrogen and oxygen atoms in total. The van der Waals surface area contributed by atoms with E-state index in [1.165, 1.54) is 89.9 Å². The van der Waals surface area contributed by atoms with Gasteiger partial charge in [-0.25, -0.2) is 4.79 Å². The van der Waals surface area contributed by atoms with Crippen LogP contribution in [-0.2, 0) is 9.47 Å². The fourth-order valence-electron chi connectivity index (χ4n) is 10.4. The van der Waals surface area contributed by atoms with Crippen molar-refractivity contribution in [2.75, 3.05) is 13.2 Å². The Labute approximate surface area is 183 Å². The molecule has 0 radical (unpaired) electrons. The maximum Gasteiger partial charge on any atom is 0.508 e. The minimum atomic E-state index is -0.425. The van der Waals surface area contributed by atoms with Crippen LogP contribution in [-0.4, -0.2) is 19.4 Å². The molecule has 0 aromatic carbocycles. The number of hydrogen-bond acceptors (Lipinski definition) is 3. The van der Waals surface area contributed by atoms with Crippen molar-refractivity contribution in [3.05, 3.63) is 0 Å². The lowest BCUT2D eigenvalue weighted by Gasteiger charge is -2.57. The molecule has 0 aromatic rings. The quantitative estimate of drug-likeness (QED) is 0.313. The predicted molar refractivity (Wildman–Crippen MR) is 117 cm³/mol. The number of carbonyl (C=O) groups excluding carboxylic acids is 1. The Morgan fingerprint density at radius 2 is 0.867 bits per heavy atom. The van der Waals surface area contributed by atoms with Crippen LogP contribution in [0.5, 0.6) is 0 Å². The second-order valence-electron chi connectivity index (χ2n) is 13.0. The fraction of sp³-hybridized carbons (Fsp3) is 0.963. The maximum atomic E-state index is 12.0. The van der Waals surface area contributed by atoms with Gasteiger partial charge in [-0.05, 0) is 149 Å². The van der Waals surface area contributed by atoms with Crippen LogP contribution in [0, 0.1) is 46.3 Å². The van der Waals surface area contributed by atoms with Gasteiger partial charge in [0.15, 0.2) is 0 Å².